The minimum atomic E-state index is -0.730. The van der Waals surface area contributed by atoms with Gasteiger partial charge in [-0.1, -0.05) is 40.5 Å². The predicted molar refractivity (Wildman–Crippen MR) is 83.0 cm³/mol. The van der Waals surface area contributed by atoms with E-state index in [0.717, 1.165) is 13.0 Å². The van der Waals surface area contributed by atoms with Crippen LogP contribution in [0.25, 0.3) is 0 Å². The number of hydrogen-bond donors (Lipinski definition) is 2. The van der Waals surface area contributed by atoms with E-state index in [1.165, 1.54) is 25.7 Å². The van der Waals surface area contributed by atoms with E-state index in [9.17, 15) is 9.90 Å². The highest BCUT2D eigenvalue weighted by atomic mass is 16.4. The van der Waals surface area contributed by atoms with Crippen molar-refractivity contribution in [3.8, 4) is 0 Å². The molecule has 1 fully saturated rings. The Morgan fingerprint density at radius 1 is 1.25 bits per heavy atom. The molecular weight excluding hydrogens is 252 g/mol. The molecule has 0 heterocycles. The Bertz CT molecular complexity index is 286. The predicted octanol–water partition coefficient (Wildman–Crippen LogP) is 2.73. The van der Waals surface area contributed by atoms with E-state index in [-0.39, 0.29) is 6.04 Å². The summed E-state index contributed by atoms with van der Waals surface area (Å²) < 4.78 is 0. The molecule has 0 saturated heterocycles. The summed E-state index contributed by atoms with van der Waals surface area (Å²) >= 11 is 0. The van der Waals surface area contributed by atoms with Crippen molar-refractivity contribution in [2.75, 3.05) is 13.1 Å². The van der Waals surface area contributed by atoms with Gasteiger partial charge in [-0.15, -0.1) is 0 Å². The van der Waals surface area contributed by atoms with Crippen LogP contribution in [0.1, 0.15) is 59.8 Å². The van der Waals surface area contributed by atoms with Crippen LogP contribution >= 0.6 is 0 Å². The summed E-state index contributed by atoms with van der Waals surface area (Å²) in [6.45, 7) is 10.1. The van der Waals surface area contributed by atoms with Gasteiger partial charge in [-0.3, -0.25) is 9.69 Å². The van der Waals surface area contributed by atoms with E-state index in [4.69, 9.17) is 0 Å². The summed E-state index contributed by atoms with van der Waals surface area (Å²) in [5.41, 5.74) is 0. The molecule has 0 aromatic heterocycles. The average Bonchev–Trinajstić information content (AvgIpc) is 2.85. The van der Waals surface area contributed by atoms with Crippen LogP contribution in [0.5, 0.6) is 0 Å². The molecular formula is C16H32N2O2. The van der Waals surface area contributed by atoms with Crippen LogP contribution in [0, 0.1) is 5.92 Å². The lowest BCUT2D eigenvalue weighted by Crippen LogP contribution is -2.51. The van der Waals surface area contributed by atoms with Gasteiger partial charge < -0.3 is 10.4 Å². The lowest BCUT2D eigenvalue weighted by atomic mass is 10.1. The first kappa shape index (κ1) is 17.4. The summed E-state index contributed by atoms with van der Waals surface area (Å²) in [4.78, 5) is 13.9. The molecule has 0 radical (unpaired) electrons. The highest BCUT2D eigenvalue weighted by Gasteiger charge is 2.28. The zero-order chi connectivity index (χ0) is 15.1. The molecule has 1 atom stereocenters. The largest absolute Gasteiger partial charge is 0.480 e. The molecule has 0 aromatic rings. The van der Waals surface area contributed by atoms with Crippen molar-refractivity contribution in [3.63, 3.8) is 0 Å². The van der Waals surface area contributed by atoms with E-state index >= 15 is 0 Å². The van der Waals surface area contributed by atoms with Crippen LogP contribution in [0.2, 0.25) is 0 Å². The molecule has 118 valence electrons. The maximum atomic E-state index is 11.4. The first-order valence-electron chi connectivity index (χ1n) is 8.13. The fraction of sp³-hybridized carbons (Fsp3) is 0.938. The summed E-state index contributed by atoms with van der Waals surface area (Å²) in [5.74, 6) is -0.0634. The zero-order valence-corrected chi connectivity index (χ0v) is 13.6. The van der Waals surface area contributed by atoms with Gasteiger partial charge in [0.1, 0.15) is 6.04 Å². The van der Waals surface area contributed by atoms with Crippen molar-refractivity contribution in [3.05, 3.63) is 0 Å². The van der Waals surface area contributed by atoms with Gasteiger partial charge >= 0.3 is 5.97 Å². The molecule has 4 heteroatoms. The molecule has 0 spiro atoms. The van der Waals surface area contributed by atoms with Crippen LogP contribution in [-0.2, 0) is 4.79 Å². The lowest BCUT2D eigenvalue weighted by molar-refractivity contribution is -0.140. The van der Waals surface area contributed by atoms with E-state index in [2.05, 4.69) is 24.1 Å². The third-order valence-corrected chi connectivity index (χ3v) is 4.08. The first-order valence-corrected chi connectivity index (χ1v) is 8.13. The molecule has 1 saturated carbocycles. The minimum absolute atomic E-state index is 0.201. The zero-order valence-electron chi connectivity index (χ0n) is 13.6. The molecule has 20 heavy (non-hydrogen) atoms. The van der Waals surface area contributed by atoms with E-state index < -0.39 is 12.0 Å². The monoisotopic (exact) mass is 284 g/mol. The third kappa shape index (κ3) is 6.23. The molecule has 1 unspecified atom stereocenters. The Morgan fingerprint density at radius 3 is 2.30 bits per heavy atom. The SMILES string of the molecule is CC(C)CCN(CC(NC(C)C)C(=O)O)C1CCCC1. The molecule has 4 nitrogen and oxygen atoms in total. The van der Waals surface area contributed by atoms with Crippen LogP contribution in [0.15, 0.2) is 0 Å². The Labute approximate surface area is 123 Å². The molecule has 1 rings (SSSR count). The topological polar surface area (TPSA) is 52.6 Å². The fourth-order valence-electron chi connectivity index (χ4n) is 2.96. The van der Waals surface area contributed by atoms with Gasteiger partial charge in [0, 0.05) is 18.6 Å². The number of nitrogens with one attached hydrogen (secondary N) is 1. The number of aliphatic carboxylic acids is 1. The van der Waals surface area contributed by atoms with Gasteiger partial charge in [-0.2, -0.15) is 0 Å². The highest BCUT2D eigenvalue weighted by Crippen LogP contribution is 2.24. The van der Waals surface area contributed by atoms with Gasteiger partial charge in [0.15, 0.2) is 0 Å². The summed E-state index contributed by atoms with van der Waals surface area (Å²) in [6.07, 6.45) is 6.18. The normalized spacial score (nSPS) is 18.4. The second-order valence-corrected chi connectivity index (χ2v) is 6.83. The van der Waals surface area contributed by atoms with Gasteiger partial charge in [0.2, 0.25) is 0 Å². The van der Waals surface area contributed by atoms with Crippen molar-refractivity contribution < 1.29 is 9.90 Å². The van der Waals surface area contributed by atoms with Gasteiger partial charge in [-0.05, 0) is 31.7 Å². The Kier molecular flexibility index (Phi) is 7.52. The summed E-state index contributed by atoms with van der Waals surface area (Å²) in [6, 6.07) is 0.332. The quantitative estimate of drug-likeness (QED) is 0.683. The number of carboxylic acid groups (broad SMARTS) is 1. The molecule has 2 N–H and O–H groups in total. The molecule has 0 bridgehead atoms. The Balaban J connectivity index is 2.62. The van der Waals surface area contributed by atoms with Crippen molar-refractivity contribution in [2.45, 2.75) is 77.9 Å². The second-order valence-electron chi connectivity index (χ2n) is 6.83. The smallest absolute Gasteiger partial charge is 0.322 e. The summed E-state index contributed by atoms with van der Waals surface area (Å²) in [7, 11) is 0. The second kappa shape index (κ2) is 8.63. The van der Waals surface area contributed by atoms with Gasteiger partial charge in [0.25, 0.3) is 0 Å². The van der Waals surface area contributed by atoms with Crippen molar-refractivity contribution in [1.82, 2.24) is 10.2 Å². The first-order chi connectivity index (χ1) is 9.40. The van der Waals surface area contributed by atoms with Crippen LogP contribution in [0.3, 0.4) is 0 Å². The number of rotatable bonds is 9. The molecule has 0 aliphatic heterocycles. The number of hydrogen-bond acceptors (Lipinski definition) is 3. The average molecular weight is 284 g/mol. The molecule has 0 amide bonds. The van der Waals surface area contributed by atoms with Crippen LogP contribution in [-0.4, -0.2) is 47.2 Å². The molecule has 1 aliphatic rings. The Hall–Kier alpha value is -0.610. The highest BCUT2D eigenvalue weighted by molar-refractivity contribution is 5.73. The van der Waals surface area contributed by atoms with Gasteiger partial charge in [-0.25, -0.2) is 0 Å². The minimum Gasteiger partial charge on any atom is -0.480 e. The summed E-state index contributed by atoms with van der Waals surface area (Å²) in [5, 5.41) is 12.6. The van der Waals surface area contributed by atoms with E-state index in [1.807, 2.05) is 13.8 Å². The standard InChI is InChI=1S/C16H32N2O2/c1-12(2)9-10-18(14-7-5-6-8-14)11-15(16(19)20)17-13(3)4/h12-15,17H,5-11H2,1-4H3,(H,19,20). The van der Waals surface area contributed by atoms with Crippen LogP contribution in [0.4, 0.5) is 0 Å². The molecule has 1 aliphatic carbocycles. The maximum absolute atomic E-state index is 11.4. The molecule has 0 aromatic carbocycles. The maximum Gasteiger partial charge on any atom is 0.322 e. The third-order valence-electron chi connectivity index (χ3n) is 4.08. The fourth-order valence-corrected chi connectivity index (χ4v) is 2.96. The van der Waals surface area contributed by atoms with Crippen molar-refractivity contribution in [1.29, 1.82) is 0 Å². The van der Waals surface area contributed by atoms with E-state index in [0.29, 0.717) is 18.5 Å². The number of carboxylic acids is 1. The van der Waals surface area contributed by atoms with E-state index in [1.54, 1.807) is 0 Å². The van der Waals surface area contributed by atoms with Crippen molar-refractivity contribution >= 4 is 5.97 Å². The van der Waals surface area contributed by atoms with Gasteiger partial charge in [0.05, 0.1) is 0 Å². The lowest BCUT2D eigenvalue weighted by Gasteiger charge is -2.32. The Morgan fingerprint density at radius 2 is 1.85 bits per heavy atom. The van der Waals surface area contributed by atoms with Crippen molar-refractivity contribution in [2.24, 2.45) is 5.92 Å². The number of nitrogens with zero attached hydrogens (tertiary/aromatic N) is 1. The van der Waals surface area contributed by atoms with Crippen LogP contribution < -0.4 is 5.32 Å². The number of carbonyl (C=O) groups is 1.